The Bertz CT molecular complexity index is 1000. The molecule has 0 saturated heterocycles. The van der Waals surface area contributed by atoms with Gasteiger partial charge in [0.15, 0.2) is 5.82 Å². The lowest BCUT2D eigenvalue weighted by Crippen LogP contribution is -2.37. The summed E-state index contributed by atoms with van der Waals surface area (Å²) in [6.07, 6.45) is 9.94. The molecule has 0 bridgehead atoms. The Kier molecular flexibility index (Phi) is 4.58. The van der Waals surface area contributed by atoms with E-state index in [9.17, 15) is 4.79 Å². The van der Waals surface area contributed by atoms with Crippen LogP contribution in [-0.2, 0) is 6.42 Å². The molecule has 0 radical (unpaired) electrons. The second-order valence-electron chi connectivity index (χ2n) is 7.95. The van der Waals surface area contributed by atoms with E-state index >= 15 is 0 Å². The highest BCUT2D eigenvalue weighted by Crippen LogP contribution is 2.40. The third-order valence-corrected chi connectivity index (χ3v) is 4.95. The smallest absolute Gasteiger partial charge is 0.253 e. The summed E-state index contributed by atoms with van der Waals surface area (Å²) >= 11 is 0. The molecule has 0 fully saturated rings. The maximum absolute atomic E-state index is 12.7. The zero-order chi connectivity index (χ0) is 19.7. The van der Waals surface area contributed by atoms with Crippen LogP contribution in [0.3, 0.4) is 0 Å². The Balaban J connectivity index is 1.64. The molecule has 3 aromatic heterocycles. The Morgan fingerprint density at radius 2 is 1.96 bits per heavy atom. The molecule has 1 N–H and O–H groups in total. The highest BCUT2D eigenvalue weighted by Gasteiger charge is 2.34. The first-order valence-corrected chi connectivity index (χ1v) is 9.27. The average molecular weight is 374 g/mol. The van der Waals surface area contributed by atoms with Crippen LogP contribution in [0.1, 0.15) is 53.6 Å². The van der Waals surface area contributed by atoms with Crippen LogP contribution < -0.4 is 5.32 Å². The summed E-state index contributed by atoms with van der Waals surface area (Å²) in [6.45, 7) is 6.27. The first-order valence-electron chi connectivity index (χ1n) is 9.27. The molecular formula is C21H22N6O. The van der Waals surface area contributed by atoms with E-state index in [1.165, 1.54) is 0 Å². The quantitative estimate of drug-likeness (QED) is 0.757. The number of nitrogens with zero attached hydrogens (tertiary/aromatic N) is 5. The molecule has 0 spiro atoms. The van der Waals surface area contributed by atoms with Gasteiger partial charge in [0.05, 0.1) is 23.5 Å². The average Bonchev–Trinajstić information content (AvgIpc) is 2.68. The highest BCUT2D eigenvalue weighted by atomic mass is 16.1. The summed E-state index contributed by atoms with van der Waals surface area (Å²) in [5.74, 6) is 0.413. The molecular weight excluding hydrogens is 352 g/mol. The monoisotopic (exact) mass is 374 g/mol. The minimum absolute atomic E-state index is 0.00443. The second kappa shape index (κ2) is 7.07. The summed E-state index contributed by atoms with van der Waals surface area (Å²) in [4.78, 5) is 34.5. The molecule has 3 heterocycles. The fraction of sp³-hybridized carbons (Fsp3) is 0.333. The molecule has 7 nitrogen and oxygen atoms in total. The van der Waals surface area contributed by atoms with Crippen LogP contribution in [0.25, 0.3) is 11.5 Å². The van der Waals surface area contributed by atoms with E-state index in [1.807, 2.05) is 13.0 Å². The van der Waals surface area contributed by atoms with Crippen LogP contribution in [-0.4, -0.2) is 30.8 Å². The summed E-state index contributed by atoms with van der Waals surface area (Å²) in [6, 6.07) is 3.48. The molecule has 1 atom stereocenters. The van der Waals surface area contributed by atoms with Gasteiger partial charge in [-0.15, -0.1) is 0 Å². The van der Waals surface area contributed by atoms with E-state index in [1.54, 1.807) is 37.1 Å². The standard InChI is InChI=1S/C21H22N6O/c1-13-4-5-14(10-24-13)20(28)27-17-9-21(2,3)8-16-15(17)11-25-19(26-16)18-12-22-6-7-23-18/h4-7,10-12,17H,8-9H2,1-3H3,(H,27,28). The van der Waals surface area contributed by atoms with Crippen molar-refractivity contribution in [2.75, 3.05) is 0 Å². The topological polar surface area (TPSA) is 93.6 Å². The number of fused-ring (bicyclic) bond motifs is 1. The molecule has 0 aromatic carbocycles. The molecule has 4 rings (SSSR count). The molecule has 142 valence electrons. The summed E-state index contributed by atoms with van der Waals surface area (Å²) in [5, 5.41) is 3.14. The highest BCUT2D eigenvalue weighted by molar-refractivity contribution is 5.94. The molecule has 0 saturated carbocycles. The van der Waals surface area contributed by atoms with E-state index in [4.69, 9.17) is 4.98 Å². The molecule has 1 unspecified atom stereocenters. The Hall–Kier alpha value is -3.22. The predicted octanol–water partition coefficient (Wildman–Crippen LogP) is 3.08. The molecule has 1 aliphatic rings. The van der Waals surface area contributed by atoms with Gasteiger partial charge in [-0.1, -0.05) is 13.8 Å². The molecule has 28 heavy (non-hydrogen) atoms. The molecule has 1 aliphatic carbocycles. The van der Waals surface area contributed by atoms with Crippen LogP contribution in [0.15, 0.2) is 43.1 Å². The molecule has 3 aromatic rings. The number of rotatable bonds is 3. The zero-order valence-corrected chi connectivity index (χ0v) is 16.2. The van der Waals surface area contributed by atoms with Gasteiger partial charge in [0, 0.05) is 36.0 Å². The lowest BCUT2D eigenvalue weighted by Gasteiger charge is -2.36. The van der Waals surface area contributed by atoms with Crippen LogP contribution in [0.4, 0.5) is 0 Å². The van der Waals surface area contributed by atoms with Gasteiger partial charge in [0.25, 0.3) is 5.91 Å². The van der Waals surface area contributed by atoms with Gasteiger partial charge in [-0.2, -0.15) is 0 Å². The number of amides is 1. The van der Waals surface area contributed by atoms with Gasteiger partial charge in [-0.25, -0.2) is 15.0 Å². The largest absolute Gasteiger partial charge is 0.345 e. The number of hydrogen-bond donors (Lipinski definition) is 1. The van der Waals surface area contributed by atoms with E-state index in [0.717, 1.165) is 29.8 Å². The Morgan fingerprint density at radius 3 is 2.68 bits per heavy atom. The van der Waals surface area contributed by atoms with Gasteiger partial charge in [-0.05, 0) is 37.3 Å². The lowest BCUT2D eigenvalue weighted by molar-refractivity contribution is 0.0918. The first-order chi connectivity index (χ1) is 13.4. The van der Waals surface area contributed by atoms with E-state index < -0.39 is 0 Å². The second-order valence-corrected chi connectivity index (χ2v) is 7.95. The lowest BCUT2D eigenvalue weighted by atomic mass is 9.74. The summed E-state index contributed by atoms with van der Waals surface area (Å²) < 4.78 is 0. The Morgan fingerprint density at radius 1 is 1.11 bits per heavy atom. The normalized spacial score (nSPS) is 17.6. The third-order valence-electron chi connectivity index (χ3n) is 4.95. The SMILES string of the molecule is Cc1ccc(C(=O)NC2CC(C)(C)Cc3nc(-c4cnccn4)ncc32)cn1. The van der Waals surface area contributed by atoms with Gasteiger partial charge < -0.3 is 5.32 Å². The van der Waals surface area contributed by atoms with E-state index in [2.05, 4.69) is 39.1 Å². The van der Waals surface area contributed by atoms with Crippen LogP contribution in [0.2, 0.25) is 0 Å². The maximum atomic E-state index is 12.7. The van der Waals surface area contributed by atoms with Gasteiger partial charge in [0.2, 0.25) is 0 Å². The maximum Gasteiger partial charge on any atom is 0.253 e. The van der Waals surface area contributed by atoms with Crippen LogP contribution in [0.5, 0.6) is 0 Å². The molecule has 0 aliphatic heterocycles. The van der Waals surface area contributed by atoms with E-state index in [-0.39, 0.29) is 17.4 Å². The van der Waals surface area contributed by atoms with Crippen molar-refractivity contribution in [3.05, 3.63) is 65.6 Å². The number of nitrogens with one attached hydrogen (secondary N) is 1. The van der Waals surface area contributed by atoms with Gasteiger partial charge >= 0.3 is 0 Å². The summed E-state index contributed by atoms with van der Waals surface area (Å²) in [5.41, 5.74) is 3.97. The zero-order valence-electron chi connectivity index (χ0n) is 16.2. The van der Waals surface area contributed by atoms with Crippen molar-refractivity contribution in [2.45, 2.75) is 39.7 Å². The fourth-order valence-electron chi connectivity index (χ4n) is 3.56. The minimum Gasteiger partial charge on any atom is -0.345 e. The number of aryl methyl sites for hydroxylation is 1. The number of hydrogen-bond acceptors (Lipinski definition) is 6. The van der Waals surface area contributed by atoms with E-state index in [0.29, 0.717) is 17.1 Å². The van der Waals surface area contributed by atoms with Crippen molar-refractivity contribution < 1.29 is 4.79 Å². The first kappa shape index (κ1) is 18.2. The molecule has 1 amide bonds. The number of carbonyl (C=O) groups is 1. The number of aromatic nitrogens is 5. The van der Waals surface area contributed by atoms with Crippen LogP contribution in [0, 0.1) is 12.3 Å². The van der Waals surface area contributed by atoms with Gasteiger partial charge in [0.1, 0.15) is 5.69 Å². The van der Waals surface area contributed by atoms with Crippen molar-refractivity contribution in [3.8, 4) is 11.5 Å². The third kappa shape index (κ3) is 3.74. The predicted molar refractivity (Wildman–Crippen MR) is 104 cm³/mol. The van der Waals surface area contributed by atoms with Crippen LogP contribution >= 0.6 is 0 Å². The number of pyridine rings is 1. The summed E-state index contributed by atoms with van der Waals surface area (Å²) in [7, 11) is 0. The fourth-order valence-corrected chi connectivity index (χ4v) is 3.56. The molecule has 7 heteroatoms. The number of carbonyl (C=O) groups excluding carboxylic acids is 1. The Labute approximate surface area is 163 Å². The van der Waals surface area contributed by atoms with Crippen molar-refractivity contribution in [2.24, 2.45) is 5.41 Å². The minimum atomic E-state index is -0.150. The van der Waals surface area contributed by atoms with Crippen molar-refractivity contribution >= 4 is 5.91 Å². The van der Waals surface area contributed by atoms with Crippen molar-refractivity contribution in [3.63, 3.8) is 0 Å². The van der Waals surface area contributed by atoms with Crippen molar-refractivity contribution in [1.29, 1.82) is 0 Å². The van der Waals surface area contributed by atoms with Gasteiger partial charge in [-0.3, -0.25) is 14.8 Å². The van der Waals surface area contributed by atoms with Crippen molar-refractivity contribution in [1.82, 2.24) is 30.2 Å².